The van der Waals surface area contributed by atoms with Crippen molar-refractivity contribution in [3.8, 4) is 0 Å². The summed E-state index contributed by atoms with van der Waals surface area (Å²) in [6, 6.07) is 6.50. The van der Waals surface area contributed by atoms with Crippen molar-refractivity contribution in [2.45, 2.75) is 11.1 Å². The van der Waals surface area contributed by atoms with Crippen LogP contribution in [0.25, 0.3) is 0 Å². The Hall–Kier alpha value is -0.0800. The molecule has 0 saturated carbocycles. The van der Waals surface area contributed by atoms with Crippen LogP contribution >= 0.6 is 54.8 Å². The molecule has 0 aliphatic rings. The first-order valence-electron chi connectivity index (χ1n) is 5.03. The third-order valence-corrected chi connectivity index (χ3v) is 7.14. The van der Waals surface area contributed by atoms with E-state index in [2.05, 4.69) is 36.6 Å². The summed E-state index contributed by atoms with van der Waals surface area (Å²) in [6.07, 6.45) is 0. The predicted octanol–water partition coefficient (Wildman–Crippen LogP) is 5.04. The van der Waals surface area contributed by atoms with Gasteiger partial charge < -0.3 is 0 Å². The van der Waals surface area contributed by atoms with Crippen molar-refractivity contribution in [2.24, 2.45) is 0 Å². The molecule has 19 heavy (non-hydrogen) atoms. The van der Waals surface area contributed by atoms with E-state index in [0.717, 1.165) is 9.35 Å². The zero-order valence-electron chi connectivity index (χ0n) is 9.58. The molecule has 0 bridgehead atoms. The molecule has 2 rings (SSSR count). The van der Waals surface area contributed by atoms with Crippen LogP contribution in [-0.2, 0) is 10.0 Å². The third-order valence-electron chi connectivity index (χ3n) is 2.27. The second kappa shape index (κ2) is 5.73. The normalized spacial score (nSPS) is 11.6. The van der Waals surface area contributed by atoms with Crippen molar-refractivity contribution in [3.63, 3.8) is 0 Å². The molecule has 1 aromatic heterocycles. The maximum atomic E-state index is 12.2. The predicted molar refractivity (Wildman–Crippen MR) is 86.7 cm³/mol. The number of sulfonamides is 1. The molecular weight excluding hydrogens is 438 g/mol. The molecular formula is C11H8Br2ClNO2S2. The Labute approximate surface area is 137 Å². The molecule has 0 amide bonds. The largest absolute Gasteiger partial charge is 0.278 e. The van der Waals surface area contributed by atoms with Crippen molar-refractivity contribution in [1.82, 2.24) is 0 Å². The monoisotopic (exact) mass is 443 g/mol. The molecule has 0 aliphatic heterocycles. The molecule has 0 fully saturated rings. The van der Waals surface area contributed by atoms with Gasteiger partial charge in [-0.1, -0.05) is 11.6 Å². The molecule has 1 aromatic carbocycles. The van der Waals surface area contributed by atoms with E-state index in [1.165, 1.54) is 11.3 Å². The zero-order valence-corrected chi connectivity index (χ0v) is 15.1. The minimum absolute atomic E-state index is 0.263. The lowest BCUT2D eigenvalue weighted by Crippen LogP contribution is -2.11. The highest BCUT2D eigenvalue weighted by atomic mass is 79.9. The van der Waals surface area contributed by atoms with Crippen LogP contribution < -0.4 is 4.72 Å². The number of rotatable bonds is 3. The van der Waals surface area contributed by atoms with Gasteiger partial charge in [0.15, 0.2) is 0 Å². The van der Waals surface area contributed by atoms with Crippen LogP contribution in [0.3, 0.4) is 0 Å². The highest BCUT2D eigenvalue weighted by Gasteiger charge is 2.19. The van der Waals surface area contributed by atoms with Gasteiger partial charge in [0.05, 0.1) is 9.47 Å². The Morgan fingerprint density at radius 1 is 1.26 bits per heavy atom. The summed E-state index contributed by atoms with van der Waals surface area (Å²) in [6.45, 7) is 1.85. The number of anilines is 1. The highest BCUT2D eigenvalue weighted by molar-refractivity contribution is 9.11. The number of halogens is 3. The highest BCUT2D eigenvalue weighted by Crippen LogP contribution is 2.33. The average molecular weight is 446 g/mol. The first kappa shape index (κ1) is 15.3. The maximum Gasteiger partial charge on any atom is 0.271 e. The quantitative estimate of drug-likeness (QED) is 0.720. The molecule has 0 atom stereocenters. The summed E-state index contributed by atoms with van der Waals surface area (Å²) in [5, 5.41) is 0.532. The van der Waals surface area contributed by atoms with Gasteiger partial charge >= 0.3 is 0 Å². The van der Waals surface area contributed by atoms with Gasteiger partial charge in [0.2, 0.25) is 0 Å². The number of aryl methyl sites for hydroxylation is 1. The summed E-state index contributed by atoms with van der Waals surface area (Å²) in [7, 11) is -3.58. The van der Waals surface area contributed by atoms with E-state index in [9.17, 15) is 8.42 Å². The van der Waals surface area contributed by atoms with E-state index in [-0.39, 0.29) is 4.21 Å². The lowest BCUT2D eigenvalue weighted by molar-refractivity contribution is 0.603. The standard InChI is InChI=1S/C11H8Br2ClNO2S2/c1-6-4-10(18-11(6)13)19(16,17)15-9-3-2-7(14)5-8(9)12/h2-5,15H,1H3. The summed E-state index contributed by atoms with van der Waals surface area (Å²) >= 11 is 13.6. The van der Waals surface area contributed by atoms with Gasteiger partial charge in [0, 0.05) is 9.50 Å². The smallest absolute Gasteiger partial charge is 0.271 e. The summed E-state index contributed by atoms with van der Waals surface area (Å²) in [5.74, 6) is 0. The molecule has 0 unspecified atom stereocenters. The minimum atomic E-state index is -3.58. The Morgan fingerprint density at radius 3 is 2.47 bits per heavy atom. The van der Waals surface area contributed by atoms with Crippen molar-refractivity contribution < 1.29 is 8.42 Å². The first-order chi connectivity index (χ1) is 8.79. The second-order valence-electron chi connectivity index (χ2n) is 3.75. The first-order valence-corrected chi connectivity index (χ1v) is 9.30. The van der Waals surface area contributed by atoms with Gasteiger partial charge in [-0.15, -0.1) is 11.3 Å². The molecule has 1 N–H and O–H groups in total. The van der Waals surface area contributed by atoms with E-state index in [1.54, 1.807) is 24.3 Å². The number of benzene rings is 1. The molecule has 3 nitrogen and oxygen atoms in total. The van der Waals surface area contributed by atoms with Gasteiger partial charge in [0.1, 0.15) is 4.21 Å². The number of thiophene rings is 1. The average Bonchev–Trinajstić information content (AvgIpc) is 2.64. The van der Waals surface area contributed by atoms with Crippen LogP contribution in [0.5, 0.6) is 0 Å². The van der Waals surface area contributed by atoms with Gasteiger partial charge in [-0.05, 0) is 68.6 Å². The minimum Gasteiger partial charge on any atom is -0.278 e. The Kier molecular flexibility index (Phi) is 4.62. The van der Waals surface area contributed by atoms with Crippen molar-refractivity contribution in [2.75, 3.05) is 4.72 Å². The van der Waals surface area contributed by atoms with Crippen molar-refractivity contribution in [3.05, 3.63) is 43.1 Å². The van der Waals surface area contributed by atoms with Crippen molar-refractivity contribution >= 4 is 70.5 Å². The summed E-state index contributed by atoms with van der Waals surface area (Å²) in [5.41, 5.74) is 1.34. The fourth-order valence-corrected chi connectivity index (χ4v) is 5.55. The zero-order chi connectivity index (χ0) is 14.2. The van der Waals surface area contributed by atoms with E-state index in [4.69, 9.17) is 11.6 Å². The molecule has 0 radical (unpaired) electrons. The lowest BCUT2D eigenvalue weighted by atomic mass is 10.3. The molecule has 2 aromatic rings. The molecule has 8 heteroatoms. The maximum absolute atomic E-state index is 12.2. The van der Waals surface area contributed by atoms with Crippen LogP contribution in [0.1, 0.15) is 5.56 Å². The fourth-order valence-electron chi connectivity index (χ4n) is 1.33. The van der Waals surface area contributed by atoms with Gasteiger partial charge in [-0.25, -0.2) is 8.42 Å². The number of nitrogens with one attached hydrogen (secondary N) is 1. The number of hydrogen-bond acceptors (Lipinski definition) is 3. The van der Waals surface area contributed by atoms with Crippen LogP contribution in [-0.4, -0.2) is 8.42 Å². The van der Waals surface area contributed by atoms with Crippen LogP contribution in [0.4, 0.5) is 5.69 Å². The lowest BCUT2D eigenvalue weighted by Gasteiger charge is -2.08. The number of hydrogen-bond donors (Lipinski definition) is 1. The Bertz CT molecular complexity index is 709. The van der Waals surface area contributed by atoms with E-state index >= 15 is 0 Å². The second-order valence-corrected chi connectivity index (χ2v) is 9.32. The molecule has 1 heterocycles. The van der Waals surface area contributed by atoms with E-state index in [1.807, 2.05) is 6.92 Å². The van der Waals surface area contributed by atoms with E-state index in [0.29, 0.717) is 15.2 Å². The third kappa shape index (κ3) is 3.52. The SMILES string of the molecule is Cc1cc(S(=O)(=O)Nc2ccc(Cl)cc2Br)sc1Br. The molecule has 102 valence electrons. The van der Waals surface area contributed by atoms with Crippen LogP contribution in [0.2, 0.25) is 5.02 Å². The topological polar surface area (TPSA) is 46.2 Å². The summed E-state index contributed by atoms with van der Waals surface area (Å²) < 4.78 is 28.6. The van der Waals surface area contributed by atoms with E-state index < -0.39 is 10.0 Å². The Morgan fingerprint density at radius 2 is 1.95 bits per heavy atom. The molecule has 0 aliphatic carbocycles. The van der Waals surface area contributed by atoms with Gasteiger partial charge in [-0.3, -0.25) is 4.72 Å². The van der Waals surface area contributed by atoms with Crippen LogP contribution in [0.15, 0.2) is 36.7 Å². The van der Waals surface area contributed by atoms with Crippen molar-refractivity contribution in [1.29, 1.82) is 0 Å². The summed E-state index contributed by atoms with van der Waals surface area (Å²) in [4.78, 5) is 0. The fraction of sp³-hybridized carbons (Fsp3) is 0.0909. The Balaban J connectivity index is 2.36. The van der Waals surface area contributed by atoms with Gasteiger partial charge in [-0.2, -0.15) is 0 Å². The van der Waals surface area contributed by atoms with Crippen LogP contribution in [0, 0.1) is 6.92 Å². The molecule has 0 saturated heterocycles. The molecule has 0 spiro atoms. The van der Waals surface area contributed by atoms with Gasteiger partial charge in [0.25, 0.3) is 10.0 Å².